The Labute approximate surface area is 191 Å². The number of rotatable bonds is 7. The third kappa shape index (κ3) is 4.67. The van der Waals surface area contributed by atoms with E-state index in [1.54, 1.807) is 35.9 Å². The number of ether oxygens (including phenoxy) is 1. The summed E-state index contributed by atoms with van der Waals surface area (Å²) in [5, 5.41) is 16.3. The second-order valence-electron chi connectivity index (χ2n) is 7.74. The summed E-state index contributed by atoms with van der Waals surface area (Å²) >= 11 is 0. The molecule has 3 aromatic carbocycles. The minimum Gasteiger partial charge on any atom is -0.403 e. The smallest absolute Gasteiger partial charge is 0.344 e. The molecular weight excluding hydrogens is 418 g/mol. The topological polar surface area (TPSA) is 87.3 Å². The zero-order valence-electron chi connectivity index (χ0n) is 18.3. The first-order valence-electron chi connectivity index (χ1n) is 10.5. The Balaban J connectivity index is 1.91. The maximum absolute atomic E-state index is 13.0. The number of nitro groups is 1. The van der Waals surface area contributed by atoms with E-state index in [4.69, 9.17) is 4.74 Å². The number of benzene rings is 3. The molecule has 0 radical (unpaired) electrons. The van der Waals surface area contributed by atoms with Crippen molar-refractivity contribution in [1.82, 2.24) is 9.78 Å². The quantitative estimate of drug-likeness (QED) is 0.226. The summed E-state index contributed by atoms with van der Waals surface area (Å²) in [6.07, 6.45) is 0. The molecule has 7 nitrogen and oxygen atoms in total. The fourth-order valence-electron chi connectivity index (χ4n) is 3.90. The lowest BCUT2D eigenvalue weighted by Gasteiger charge is -2.16. The number of carbonyl (C=O) groups is 1. The molecule has 0 aliphatic rings. The van der Waals surface area contributed by atoms with Gasteiger partial charge >= 0.3 is 5.97 Å². The SMILES string of the molecule is Cc1ccccc1-n1nc(C)c([C@@H](C[N+](=O)[O-])c2ccccc2)c1OC(=O)c1ccccc1. The van der Waals surface area contributed by atoms with Crippen LogP contribution in [-0.4, -0.2) is 27.2 Å². The van der Waals surface area contributed by atoms with Gasteiger partial charge in [0.15, 0.2) is 0 Å². The molecule has 0 saturated carbocycles. The Morgan fingerprint density at radius 2 is 1.58 bits per heavy atom. The highest BCUT2D eigenvalue weighted by Crippen LogP contribution is 2.37. The summed E-state index contributed by atoms with van der Waals surface area (Å²) in [4.78, 5) is 24.3. The van der Waals surface area contributed by atoms with E-state index in [2.05, 4.69) is 5.10 Å². The predicted octanol–water partition coefficient (Wildman–Crippen LogP) is 5.12. The summed E-state index contributed by atoms with van der Waals surface area (Å²) in [6, 6.07) is 25.4. The van der Waals surface area contributed by atoms with Gasteiger partial charge in [-0.1, -0.05) is 66.7 Å². The number of carbonyl (C=O) groups excluding carboxylic acids is 1. The zero-order chi connectivity index (χ0) is 23.4. The van der Waals surface area contributed by atoms with E-state index in [1.165, 1.54) is 0 Å². The van der Waals surface area contributed by atoms with Gasteiger partial charge in [0.1, 0.15) is 0 Å². The van der Waals surface area contributed by atoms with Gasteiger partial charge in [-0.05, 0) is 43.2 Å². The number of esters is 1. The van der Waals surface area contributed by atoms with Crippen LogP contribution in [0.4, 0.5) is 0 Å². The lowest BCUT2D eigenvalue weighted by atomic mass is 9.91. The molecule has 0 saturated heterocycles. The molecule has 0 N–H and O–H groups in total. The van der Waals surface area contributed by atoms with E-state index < -0.39 is 11.9 Å². The fraction of sp³-hybridized carbons (Fsp3) is 0.154. The van der Waals surface area contributed by atoms with E-state index in [1.807, 2.05) is 67.6 Å². The Bertz CT molecular complexity index is 1280. The van der Waals surface area contributed by atoms with Crippen LogP contribution in [0.5, 0.6) is 5.88 Å². The molecule has 0 bridgehead atoms. The lowest BCUT2D eigenvalue weighted by molar-refractivity contribution is -0.481. The van der Waals surface area contributed by atoms with Gasteiger partial charge in [0, 0.05) is 4.92 Å². The van der Waals surface area contributed by atoms with Crippen molar-refractivity contribution in [2.75, 3.05) is 6.54 Å². The second kappa shape index (κ2) is 9.48. The number of hydrogen-bond donors (Lipinski definition) is 0. The molecule has 33 heavy (non-hydrogen) atoms. The van der Waals surface area contributed by atoms with Crippen molar-refractivity contribution in [3.05, 3.63) is 123 Å². The Morgan fingerprint density at radius 1 is 0.970 bits per heavy atom. The number of aryl methyl sites for hydroxylation is 2. The van der Waals surface area contributed by atoms with Crippen molar-refractivity contribution in [2.24, 2.45) is 0 Å². The Hall–Kier alpha value is -4.26. The number of aromatic nitrogens is 2. The molecule has 0 spiro atoms. The predicted molar refractivity (Wildman–Crippen MR) is 125 cm³/mol. The maximum Gasteiger partial charge on any atom is 0.344 e. The minimum absolute atomic E-state index is 0.186. The standard InChI is InChI=1S/C26H23N3O4/c1-18-11-9-10-16-23(18)29-25(33-26(30)21-14-7-4-8-15-21)24(19(2)27-29)22(17-28(31)32)20-12-5-3-6-13-20/h3-16,22H,17H2,1-2H3/t22-/m0/s1. The van der Waals surface area contributed by atoms with E-state index in [0.717, 1.165) is 16.8 Å². The zero-order valence-corrected chi connectivity index (χ0v) is 18.3. The van der Waals surface area contributed by atoms with Crippen molar-refractivity contribution < 1.29 is 14.5 Å². The number of hydrogen-bond acceptors (Lipinski definition) is 5. The molecule has 4 rings (SSSR count). The Kier molecular flexibility index (Phi) is 6.31. The van der Waals surface area contributed by atoms with Crippen LogP contribution in [0.2, 0.25) is 0 Å². The first-order valence-corrected chi connectivity index (χ1v) is 10.5. The van der Waals surface area contributed by atoms with Gasteiger partial charge < -0.3 is 4.74 Å². The average molecular weight is 441 g/mol. The van der Waals surface area contributed by atoms with Crippen LogP contribution < -0.4 is 4.74 Å². The highest BCUT2D eigenvalue weighted by atomic mass is 16.6. The molecule has 0 amide bonds. The minimum atomic E-state index is -0.641. The monoisotopic (exact) mass is 441 g/mol. The third-order valence-corrected chi connectivity index (χ3v) is 5.49. The van der Waals surface area contributed by atoms with Crippen LogP contribution in [0.3, 0.4) is 0 Å². The molecule has 0 fully saturated rings. The van der Waals surface area contributed by atoms with E-state index >= 15 is 0 Å². The van der Waals surface area contributed by atoms with Crippen LogP contribution in [0.15, 0.2) is 84.9 Å². The van der Waals surface area contributed by atoms with Crippen LogP contribution in [0.1, 0.15) is 38.7 Å². The van der Waals surface area contributed by atoms with Gasteiger partial charge in [-0.2, -0.15) is 9.78 Å². The first kappa shape index (κ1) is 22.0. The summed E-state index contributed by atoms with van der Waals surface area (Å²) in [5.74, 6) is -1.01. The lowest BCUT2D eigenvalue weighted by Crippen LogP contribution is -2.18. The van der Waals surface area contributed by atoms with Gasteiger partial charge in [0.25, 0.3) is 0 Å². The largest absolute Gasteiger partial charge is 0.403 e. The highest BCUT2D eigenvalue weighted by molar-refractivity contribution is 5.91. The molecule has 0 aliphatic heterocycles. The van der Waals surface area contributed by atoms with Crippen LogP contribution in [-0.2, 0) is 0 Å². The maximum atomic E-state index is 13.0. The van der Waals surface area contributed by atoms with Crippen LogP contribution in [0.25, 0.3) is 5.69 Å². The molecular formula is C26H23N3O4. The molecule has 1 atom stereocenters. The molecule has 4 aromatic rings. The van der Waals surface area contributed by atoms with Gasteiger partial charge in [-0.25, -0.2) is 4.79 Å². The van der Waals surface area contributed by atoms with E-state index in [-0.39, 0.29) is 17.3 Å². The number of nitrogens with zero attached hydrogens (tertiary/aromatic N) is 3. The molecule has 166 valence electrons. The summed E-state index contributed by atoms with van der Waals surface area (Å²) < 4.78 is 7.48. The summed E-state index contributed by atoms with van der Waals surface area (Å²) in [6.45, 7) is 3.35. The van der Waals surface area contributed by atoms with Crippen molar-refractivity contribution in [3.8, 4) is 11.6 Å². The molecule has 0 aliphatic carbocycles. The van der Waals surface area contributed by atoms with E-state index in [0.29, 0.717) is 16.8 Å². The summed E-state index contributed by atoms with van der Waals surface area (Å²) in [7, 11) is 0. The summed E-state index contributed by atoms with van der Waals surface area (Å²) in [5.41, 5.74) is 3.86. The van der Waals surface area contributed by atoms with Crippen LogP contribution in [0, 0.1) is 24.0 Å². The molecule has 0 unspecified atom stereocenters. The van der Waals surface area contributed by atoms with Gasteiger partial charge in [-0.15, -0.1) is 0 Å². The van der Waals surface area contributed by atoms with Gasteiger partial charge in [0.05, 0.1) is 28.4 Å². The van der Waals surface area contributed by atoms with Crippen molar-refractivity contribution >= 4 is 5.97 Å². The van der Waals surface area contributed by atoms with Crippen LogP contribution >= 0.6 is 0 Å². The van der Waals surface area contributed by atoms with Gasteiger partial charge in [-0.3, -0.25) is 10.1 Å². The molecule has 1 heterocycles. The van der Waals surface area contributed by atoms with Crippen molar-refractivity contribution in [1.29, 1.82) is 0 Å². The van der Waals surface area contributed by atoms with E-state index in [9.17, 15) is 14.9 Å². The average Bonchev–Trinajstić information content (AvgIpc) is 3.14. The fourth-order valence-corrected chi connectivity index (χ4v) is 3.90. The highest BCUT2D eigenvalue weighted by Gasteiger charge is 2.32. The normalized spacial score (nSPS) is 11.7. The Morgan fingerprint density at radius 3 is 2.21 bits per heavy atom. The third-order valence-electron chi connectivity index (χ3n) is 5.49. The van der Waals surface area contributed by atoms with Gasteiger partial charge in [0.2, 0.25) is 12.4 Å². The number of para-hydroxylation sites is 1. The van der Waals surface area contributed by atoms with Crippen molar-refractivity contribution in [3.63, 3.8) is 0 Å². The first-order chi connectivity index (χ1) is 16.0. The molecule has 7 heteroatoms. The second-order valence-corrected chi connectivity index (χ2v) is 7.74. The molecule has 1 aromatic heterocycles. The van der Waals surface area contributed by atoms with Crippen molar-refractivity contribution in [2.45, 2.75) is 19.8 Å².